The van der Waals surface area contributed by atoms with Gasteiger partial charge in [0.25, 0.3) is 5.91 Å². The van der Waals surface area contributed by atoms with E-state index in [1.807, 2.05) is 18.2 Å². The van der Waals surface area contributed by atoms with Gasteiger partial charge in [-0.1, -0.05) is 12.1 Å². The van der Waals surface area contributed by atoms with E-state index in [9.17, 15) is 9.59 Å². The van der Waals surface area contributed by atoms with Crippen LogP contribution in [0.1, 0.15) is 27.6 Å². The fraction of sp³-hybridized carbons (Fsp3) is 0.0952. The molecule has 2 aromatic carbocycles. The minimum absolute atomic E-state index is 0.0263. The molecule has 1 amide bonds. The molecule has 0 aliphatic rings. The number of anilines is 3. The number of rotatable bonds is 6. The van der Waals surface area contributed by atoms with Gasteiger partial charge in [0.2, 0.25) is 0 Å². The molecule has 3 aromatic rings. The van der Waals surface area contributed by atoms with Crippen LogP contribution in [-0.4, -0.2) is 23.8 Å². The number of nitrogens with zero attached hydrogens (tertiary/aromatic N) is 1. The highest BCUT2D eigenvalue weighted by Crippen LogP contribution is 2.20. The molecule has 0 radical (unpaired) electrons. The van der Waals surface area contributed by atoms with Crippen molar-refractivity contribution in [2.24, 2.45) is 0 Å². The average Bonchev–Trinajstić information content (AvgIpc) is 2.69. The van der Waals surface area contributed by atoms with Gasteiger partial charge in [-0.15, -0.1) is 0 Å². The maximum atomic E-state index is 12.4. The number of hydrogen-bond acceptors (Lipinski definition) is 5. The first kappa shape index (κ1) is 18.1. The molecule has 1 heterocycles. The summed E-state index contributed by atoms with van der Waals surface area (Å²) in [5.74, 6) is 0.671. The molecule has 2 N–H and O–H groups in total. The molecule has 0 aliphatic heterocycles. The molecule has 0 bridgehead atoms. The van der Waals surface area contributed by atoms with E-state index in [1.165, 1.54) is 14.0 Å². The number of para-hydroxylation sites is 1. The largest absolute Gasteiger partial charge is 0.496 e. The van der Waals surface area contributed by atoms with Crippen LogP contribution in [0.4, 0.5) is 17.2 Å². The van der Waals surface area contributed by atoms with Crippen LogP contribution >= 0.6 is 0 Å². The zero-order chi connectivity index (χ0) is 19.2. The van der Waals surface area contributed by atoms with E-state index in [1.54, 1.807) is 48.7 Å². The van der Waals surface area contributed by atoms with E-state index >= 15 is 0 Å². The van der Waals surface area contributed by atoms with Crippen LogP contribution in [0, 0.1) is 0 Å². The average molecular weight is 361 g/mol. The fourth-order valence-electron chi connectivity index (χ4n) is 2.51. The Balaban J connectivity index is 1.66. The number of amides is 1. The zero-order valence-electron chi connectivity index (χ0n) is 15.0. The molecule has 0 aliphatic carbocycles. The van der Waals surface area contributed by atoms with Crippen molar-refractivity contribution in [3.8, 4) is 5.75 Å². The van der Waals surface area contributed by atoms with E-state index in [0.29, 0.717) is 22.7 Å². The van der Waals surface area contributed by atoms with Crippen molar-refractivity contribution >= 4 is 28.9 Å². The molecule has 136 valence electrons. The van der Waals surface area contributed by atoms with Crippen molar-refractivity contribution in [1.29, 1.82) is 0 Å². The summed E-state index contributed by atoms with van der Waals surface area (Å²) >= 11 is 0. The fourth-order valence-corrected chi connectivity index (χ4v) is 2.51. The van der Waals surface area contributed by atoms with Crippen LogP contribution in [0.3, 0.4) is 0 Å². The van der Waals surface area contributed by atoms with Gasteiger partial charge in [-0.3, -0.25) is 9.59 Å². The summed E-state index contributed by atoms with van der Waals surface area (Å²) in [6.45, 7) is 1.53. The maximum Gasteiger partial charge on any atom is 0.260 e. The van der Waals surface area contributed by atoms with E-state index in [4.69, 9.17) is 4.74 Å². The lowest BCUT2D eigenvalue weighted by Crippen LogP contribution is -2.14. The molecule has 0 fully saturated rings. The highest BCUT2D eigenvalue weighted by molar-refractivity contribution is 6.05. The summed E-state index contributed by atoms with van der Waals surface area (Å²) in [5, 5.41) is 5.94. The third-order valence-corrected chi connectivity index (χ3v) is 3.94. The summed E-state index contributed by atoms with van der Waals surface area (Å²) in [5.41, 5.74) is 2.70. The lowest BCUT2D eigenvalue weighted by Gasteiger charge is -2.10. The standard InChI is InChI=1S/C21H19N3O3/c1-14(25)15-7-9-16(10-8-15)23-17-11-12-20(22-13-17)24-21(26)18-5-3-4-6-19(18)27-2/h3-13,23H,1-2H3,(H,22,24,26). The van der Waals surface area contributed by atoms with Crippen LogP contribution in [0.25, 0.3) is 0 Å². The highest BCUT2D eigenvalue weighted by Gasteiger charge is 2.12. The molecule has 3 rings (SSSR count). The second kappa shape index (κ2) is 8.14. The normalized spacial score (nSPS) is 10.1. The number of methoxy groups -OCH3 is 1. The number of ketones is 1. The Labute approximate surface area is 157 Å². The molecule has 1 aromatic heterocycles. The summed E-state index contributed by atoms with van der Waals surface area (Å²) in [4.78, 5) is 27.9. The molecule has 6 nitrogen and oxygen atoms in total. The first-order valence-corrected chi connectivity index (χ1v) is 8.35. The molecule has 0 unspecified atom stereocenters. The number of pyridine rings is 1. The Morgan fingerprint density at radius 1 is 0.926 bits per heavy atom. The Kier molecular flexibility index (Phi) is 5.47. The Morgan fingerprint density at radius 2 is 1.63 bits per heavy atom. The summed E-state index contributed by atoms with van der Waals surface area (Å²) in [6.07, 6.45) is 1.62. The number of Topliss-reactive ketones (excluding diaryl/α,β-unsaturated/α-hetero) is 1. The van der Waals surface area contributed by atoms with Crippen LogP contribution in [-0.2, 0) is 0 Å². The molecule has 6 heteroatoms. The third kappa shape index (κ3) is 4.49. The predicted molar refractivity (Wildman–Crippen MR) is 105 cm³/mol. The molecule has 0 spiro atoms. The number of nitrogens with one attached hydrogen (secondary N) is 2. The van der Waals surface area contributed by atoms with Gasteiger partial charge < -0.3 is 15.4 Å². The molecular formula is C21H19N3O3. The van der Waals surface area contributed by atoms with Crippen LogP contribution < -0.4 is 15.4 Å². The van der Waals surface area contributed by atoms with E-state index in [2.05, 4.69) is 15.6 Å². The SMILES string of the molecule is COc1ccccc1C(=O)Nc1ccc(Nc2ccc(C(C)=O)cc2)cn1. The van der Waals surface area contributed by atoms with Crippen molar-refractivity contribution in [2.45, 2.75) is 6.92 Å². The molecule has 0 saturated heterocycles. The Bertz CT molecular complexity index is 951. The Hall–Kier alpha value is -3.67. The maximum absolute atomic E-state index is 12.4. The van der Waals surface area contributed by atoms with Gasteiger partial charge in [-0.2, -0.15) is 0 Å². The van der Waals surface area contributed by atoms with Crippen LogP contribution in [0.15, 0.2) is 66.9 Å². The number of benzene rings is 2. The van der Waals surface area contributed by atoms with Gasteiger partial charge in [0.15, 0.2) is 5.78 Å². The molecular weight excluding hydrogens is 342 g/mol. The molecule has 0 saturated carbocycles. The summed E-state index contributed by atoms with van der Waals surface area (Å²) in [7, 11) is 1.52. The minimum Gasteiger partial charge on any atom is -0.496 e. The first-order valence-electron chi connectivity index (χ1n) is 8.35. The van der Waals surface area contributed by atoms with Crippen molar-refractivity contribution in [3.05, 3.63) is 78.0 Å². The van der Waals surface area contributed by atoms with E-state index in [0.717, 1.165) is 11.4 Å². The minimum atomic E-state index is -0.291. The summed E-state index contributed by atoms with van der Waals surface area (Å²) < 4.78 is 5.20. The van der Waals surface area contributed by atoms with Crippen molar-refractivity contribution < 1.29 is 14.3 Å². The van der Waals surface area contributed by atoms with Crippen LogP contribution in [0.5, 0.6) is 5.75 Å². The van der Waals surface area contributed by atoms with Crippen LogP contribution in [0.2, 0.25) is 0 Å². The number of ether oxygens (including phenoxy) is 1. The number of carbonyl (C=O) groups excluding carboxylic acids is 2. The number of aromatic nitrogens is 1. The quantitative estimate of drug-likeness (QED) is 0.640. The first-order chi connectivity index (χ1) is 13.1. The van der Waals surface area contributed by atoms with Gasteiger partial charge in [0.1, 0.15) is 11.6 Å². The molecule has 0 atom stereocenters. The second-order valence-electron chi connectivity index (χ2n) is 5.85. The monoisotopic (exact) mass is 361 g/mol. The third-order valence-electron chi connectivity index (χ3n) is 3.94. The van der Waals surface area contributed by atoms with Crippen molar-refractivity contribution in [2.75, 3.05) is 17.7 Å². The van der Waals surface area contributed by atoms with Crippen molar-refractivity contribution in [3.63, 3.8) is 0 Å². The zero-order valence-corrected chi connectivity index (χ0v) is 15.0. The number of hydrogen-bond donors (Lipinski definition) is 2. The smallest absolute Gasteiger partial charge is 0.260 e. The van der Waals surface area contributed by atoms with Gasteiger partial charge in [-0.05, 0) is 55.5 Å². The molecule has 27 heavy (non-hydrogen) atoms. The topological polar surface area (TPSA) is 80.3 Å². The second-order valence-corrected chi connectivity index (χ2v) is 5.85. The lowest BCUT2D eigenvalue weighted by atomic mass is 10.1. The highest BCUT2D eigenvalue weighted by atomic mass is 16.5. The summed E-state index contributed by atoms with van der Waals surface area (Å²) in [6, 6.07) is 17.7. The Morgan fingerprint density at radius 3 is 2.26 bits per heavy atom. The van der Waals surface area contributed by atoms with E-state index in [-0.39, 0.29) is 11.7 Å². The van der Waals surface area contributed by atoms with Gasteiger partial charge in [0.05, 0.1) is 24.6 Å². The van der Waals surface area contributed by atoms with Gasteiger partial charge in [0, 0.05) is 11.3 Å². The van der Waals surface area contributed by atoms with Gasteiger partial charge in [-0.25, -0.2) is 4.98 Å². The predicted octanol–water partition coefficient (Wildman–Crippen LogP) is 4.29. The van der Waals surface area contributed by atoms with Crippen molar-refractivity contribution in [1.82, 2.24) is 4.98 Å². The van der Waals surface area contributed by atoms with E-state index < -0.39 is 0 Å². The number of carbonyl (C=O) groups is 2. The van der Waals surface area contributed by atoms with Gasteiger partial charge >= 0.3 is 0 Å². The lowest BCUT2D eigenvalue weighted by molar-refractivity contribution is 0.101.